The molecular formula is C12H17N5O2. The number of hydrogen-bond donors (Lipinski definition) is 3. The fourth-order valence-corrected chi connectivity index (χ4v) is 1.74. The third kappa shape index (κ3) is 3.07. The molecule has 2 rings (SSSR count). The van der Waals surface area contributed by atoms with E-state index in [0.717, 1.165) is 11.3 Å². The number of aryl methyl sites for hydroxylation is 1. The Morgan fingerprint density at radius 2 is 2.26 bits per heavy atom. The van der Waals surface area contributed by atoms with Crippen LogP contribution in [0.4, 0.5) is 5.95 Å². The van der Waals surface area contributed by atoms with Gasteiger partial charge in [-0.15, -0.1) is 5.10 Å². The monoisotopic (exact) mass is 263 g/mol. The molecule has 2 heterocycles. The molecule has 0 spiro atoms. The van der Waals surface area contributed by atoms with E-state index >= 15 is 0 Å². The lowest BCUT2D eigenvalue weighted by Crippen LogP contribution is -2.16. The van der Waals surface area contributed by atoms with Gasteiger partial charge in [0.15, 0.2) is 5.82 Å². The van der Waals surface area contributed by atoms with Crippen molar-refractivity contribution in [1.29, 1.82) is 0 Å². The molecule has 0 aliphatic heterocycles. The van der Waals surface area contributed by atoms with Crippen LogP contribution in [0.3, 0.4) is 0 Å². The van der Waals surface area contributed by atoms with Crippen LogP contribution in [-0.4, -0.2) is 36.2 Å². The molecule has 0 aliphatic carbocycles. The zero-order valence-corrected chi connectivity index (χ0v) is 10.9. The SMILES string of the molecule is CCC(O)Cn1nc(NO)nc1-c1ccnc(C)c1. The molecule has 1 atom stereocenters. The fraction of sp³-hybridized carbons (Fsp3) is 0.417. The van der Waals surface area contributed by atoms with Gasteiger partial charge in [0.05, 0.1) is 12.6 Å². The summed E-state index contributed by atoms with van der Waals surface area (Å²) >= 11 is 0. The summed E-state index contributed by atoms with van der Waals surface area (Å²) in [5, 5.41) is 22.7. The van der Waals surface area contributed by atoms with Gasteiger partial charge in [0.25, 0.3) is 5.95 Å². The van der Waals surface area contributed by atoms with Crippen molar-refractivity contribution >= 4 is 5.95 Å². The average Bonchev–Trinajstić information content (AvgIpc) is 2.81. The van der Waals surface area contributed by atoms with Gasteiger partial charge in [0.2, 0.25) is 0 Å². The largest absolute Gasteiger partial charge is 0.391 e. The zero-order chi connectivity index (χ0) is 13.8. The van der Waals surface area contributed by atoms with Gasteiger partial charge in [-0.25, -0.2) is 10.2 Å². The van der Waals surface area contributed by atoms with Crippen molar-refractivity contribution in [2.24, 2.45) is 0 Å². The molecule has 0 bridgehead atoms. The number of aromatic nitrogens is 4. The number of pyridine rings is 1. The van der Waals surface area contributed by atoms with Gasteiger partial charge in [-0.1, -0.05) is 6.92 Å². The number of aliphatic hydroxyl groups is 1. The minimum atomic E-state index is -0.505. The van der Waals surface area contributed by atoms with Crippen molar-refractivity contribution in [2.75, 3.05) is 5.48 Å². The maximum absolute atomic E-state index is 9.74. The lowest BCUT2D eigenvalue weighted by atomic mass is 10.2. The first-order valence-corrected chi connectivity index (χ1v) is 6.10. The summed E-state index contributed by atoms with van der Waals surface area (Å²) in [6.07, 6.45) is 1.80. The van der Waals surface area contributed by atoms with Crippen LogP contribution in [0.2, 0.25) is 0 Å². The van der Waals surface area contributed by atoms with E-state index < -0.39 is 6.10 Å². The molecular weight excluding hydrogens is 246 g/mol. The Morgan fingerprint density at radius 1 is 1.47 bits per heavy atom. The third-order valence-electron chi connectivity index (χ3n) is 2.78. The standard InChI is InChI=1S/C12H17N5O2/c1-3-10(18)7-17-11(14-12(15-17)16-19)9-4-5-13-8(2)6-9/h4-6,10,18-19H,3,7H2,1-2H3,(H,15,16). The summed E-state index contributed by atoms with van der Waals surface area (Å²) in [6.45, 7) is 4.10. The van der Waals surface area contributed by atoms with Crippen molar-refractivity contribution in [3.05, 3.63) is 24.0 Å². The van der Waals surface area contributed by atoms with Gasteiger partial charge in [0.1, 0.15) is 0 Å². The van der Waals surface area contributed by atoms with Gasteiger partial charge in [-0.05, 0) is 25.5 Å². The highest BCUT2D eigenvalue weighted by molar-refractivity contribution is 5.56. The number of aliphatic hydroxyl groups excluding tert-OH is 1. The van der Waals surface area contributed by atoms with Crippen molar-refractivity contribution in [3.63, 3.8) is 0 Å². The van der Waals surface area contributed by atoms with E-state index in [1.807, 2.05) is 31.5 Å². The molecule has 0 saturated heterocycles. The Hall–Kier alpha value is -1.99. The number of nitrogens with zero attached hydrogens (tertiary/aromatic N) is 4. The summed E-state index contributed by atoms with van der Waals surface area (Å²) in [7, 11) is 0. The number of nitrogens with one attached hydrogen (secondary N) is 1. The predicted octanol–water partition coefficient (Wildman–Crippen LogP) is 1.22. The first-order chi connectivity index (χ1) is 9.13. The van der Waals surface area contributed by atoms with Crippen molar-refractivity contribution in [1.82, 2.24) is 19.7 Å². The van der Waals surface area contributed by atoms with E-state index in [1.54, 1.807) is 10.9 Å². The van der Waals surface area contributed by atoms with Crippen molar-refractivity contribution in [3.8, 4) is 11.4 Å². The molecule has 0 aromatic carbocycles. The summed E-state index contributed by atoms with van der Waals surface area (Å²) in [4.78, 5) is 8.31. The molecule has 102 valence electrons. The Bertz CT molecular complexity index is 555. The molecule has 2 aromatic heterocycles. The zero-order valence-electron chi connectivity index (χ0n) is 10.9. The average molecular weight is 263 g/mol. The van der Waals surface area contributed by atoms with E-state index in [2.05, 4.69) is 15.1 Å². The van der Waals surface area contributed by atoms with Crippen molar-refractivity contribution < 1.29 is 10.3 Å². The molecule has 19 heavy (non-hydrogen) atoms. The lowest BCUT2D eigenvalue weighted by molar-refractivity contribution is 0.146. The van der Waals surface area contributed by atoms with Crippen LogP contribution in [0.5, 0.6) is 0 Å². The smallest absolute Gasteiger partial charge is 0.266 e. The second-order valence-electron chi connectivity index (χ2n) is 4.30. The van der Waals surface area contributed by atoms with E-state index in [4.69, 9.17) is 5.21 Å². The summed E-state index contributed by atoms with van der Waals surface area (Å²) in [6, 6.07) is 3.69. The Kier molecular flexibility index (Phi) is 4.08. The summed E-state index contributed by atoms with van der Waals surface area (Å²) < 4.78 is 1.57. The molecule has 0 aliphatic rings. The van der Waals surface area contributed by atoms with Crippen LogP contribution in [0.15, 0.2) is 18.3 Å². The van der Waals surface area contributed by atoms with Crippen LogP contribution in [0, 0.1) is 6.92 Å². The maximum Gasteiger partial charge on any atom is 0.266 e. The van der Waals surface area contributed by atoms with E-state index in [0.29, 0.717) is 18.8 Å². The second-order valence-corrected chi connectivity index (χ2v) is 4.30. The van der Waals surface area contributed by atoms with E-state index in [-0.39, 0.29) is 5.95 Å². The fourth-order valence-electron chi connectivity index (χ4n) is 1.74. The Balaban J connectivity index is 2.40. The predicted molar refractivity (Wildman–Crippen MR) is 69.7 cm³/mol. The molecule has 1 unspecified atom stereocenters. The molecule has 2 aromatic rings. The molecule has 0 fully saturated rings. The Labute approximate surface area is 110 Å². The highest BCUT2D eigenvalue weighted by Crippen LogP contribution is 2.19. The van der Waals surface area contributed by atoms with Gasteiger partial charge in [-0.3, -0.25) is 10.2 Å². The number of rotatable bonds is 5. The second kappa shape index (κ2) is 5.77. The first-order valence-electron chi connectivity index (χ1n) is 6.10. The molecule has 7 nitrogen and oxygen atoms in total. The van der Waals surface area contributed by atoms with Gasteiger partial charge >= 0.3 is 0 Å². The van der Waals surface area contributed by atoms with Gasteiger partial charge in [-0.2, -0.15) is 4.98 Å². The Morgan fingerprint density at radius 3 is 2.89 bits per heavy atom. The highest BCUT2D eigenvalue weighted by Gasteiger charge is 2.14. The van der Waals surface area contributed by atoms with Crippen LogP contribution in [0.25, 0.3) is 11.4 Å². The topological polar surface area (TPSA) is 96.1 Å². The van der Waals surface area contributed by atoms with Gasteiger partial charge in [0, 0.05) is 17.5 Å². The summed E-state index contributed by atoms with van der Waals surface area (Å²) in [5.74, 6) is 0.683. The van der Waals surface area contributed by atoms with Gasteiger partial charge < -0.3 is 5.11 Å². The molecule has 3 N–H and O–H groups in total. The number of anilines is 1. The van der Waals surface area contributed by atoms with E-state index in [1.165, 1.54) is 0 Å². The lowest BCUT2D eigenvalue weighted by Gasteiger charge is -2.10. The normalized spacial score (nSPS) is 12.4. The summed E-state index contributed by atoms with van der Waals surface area (Å²) in [5.41, 5.74) is 3.62. The molecule has 0 amide bonds. The molecule has 0 saturated carbocycles. The minimum Gasteiger partial charge on any atom is -0.391 e. The molecule has 7 heteroatoms. The number of hydrogen-bond acceptors (Lipinski definition) is 6. The maximum atomic E-state index is 9.74. The minimum absolute atomic E-state index is 0.104. The third-order valence-corrected chi connectivity index (χ3v) is 2.78. The van der Waals surface area contributed by atoms with E-state index in [9.17, 15) is 5.11 Å². The highest BCUT2D eigenvalue weighted by atomic mass is 16.5. The quantitative estimate of drug-likeness (QED) is 0.702. The first kappa shape index (κ1) is 13.4. The van der Waals surface area contributed by atoms with Crippen molar-refractivity contribution in [2.45, 2.75) is 32.9 Å². The molecule has 0 radical (unpaired) electrons. The van der Waals surface area contributed by atoms with Crippen LogP contribution >= 0.6 is 0 Å². The van der Waals surface area contributed by atoms with Crippen LogP contribution < -0.4 is 5.48 Å². The van der Waals surface area contributed by atoms with Crippen LogP contribution in [0.1, 0.15) is 19.0 Å². The van der Waals surface area contributed by atoms with Crippen LogP contribution in [-0.2, 0) is 6.54 Å².